The molecule has 0 aliphatic carbocycles. The summed E-state index contributed by atoms with van der Waals surface area (Å²) in [4.78, 5) is 19.3. The lowest BCUT2D eigenvalue weighted by Gasteiger charge is -2.25. The molecule has 138 valence electrons. The van der Waals surface area contributed by atoms with Crippen LogP contribution in [-0.2, 0) is 13.0 Å². The van der Waals surface area contributed by atoms with Crippen LogP contribution in [0.5, 0.6) is 0 Å². The number of aliphatic hydroxyl groups is 1. The fourth-order valence-corrected chi connectivity index (χ4v) is 4.86. The lowest BCUT2D eigenvalue weighted by Crippen LogP contribution is -2.23. The van der Waals surface area contributed by atoms with Gasteiger partial charge in [0.15, 0.2) is 0 Å². The number of rotatable bonds is 2. The standard InChI is InChI=1S/C23H18N2O2S/c1-2-16-12-18-22(27)24-21-19(20(26)14-8-4-3-5-9-14)17-11-7-6-10-15(17)13-25(21)23(18)28-16/h3-12,26H,2,13H2,1H3/b20-19+. The quantitative estimate of drug-likeness (QED) is 0.441. The van der Waals surface area contributed by atoms with E-state index in [0.29, 0.717) is 28.9 Å². The summed E-state index contributed by atoms with van der Waals surface area (Å²) in [7, 11) is 0. The lowest BCUT2D eigenvalue weighted by molar-refractivity contribution is 0.512. The molecule has 2 aromatic carbocycles. The number of aryl methyl sites for hydroxylation is 1. The molecule has 5 rings (SSSR count). The van der Waals surface area contributed by atoms with Crippen LogP contribution in [-0.4, -0.2) is 14.7 Å². The maximum absolute atomic E-state index is 12.8. The number of aromatic nitrogens is 2. The molecule has 28 heavy (non-hydrogen) atoms. The maximum Gasteiger partial charge on any atom is 0.281 e. The predicted molar refractivity (Wildman–Crippen MR) is 114 cm³/mol. The number of hydrogen-bond donors (Lipinski definition) is 1. The van der Waals surface area contributed by atoms with E-state index < -0.39 is 0 Å². The Balaban J connectivity index is 1.89. The van der Waals surface area contributed by atoms with Gasteiger partial charge >= 0.3 is 0 Å². The Morgan fingerprint density at radius 1 is 1.14 bits per heavy atom. The van der Waals surface area contributed by atoms with Crippen molar-refractivity contribution in [3.05, 3.63) is 98.4 Å². The van der Waals surface area contributed by atoms with Gasteiger partial charge in [0.2, 0.25) is 0 Å². The third kappa shape index (κ3) is 2.51. The minimum Gasteiger partial charge on any atom is -0.507 e. The molecule has 0 fully saturated rings. The average Bonchev–Trinajstić information content (AvgIpc) is 3.18. The molecule has 0 spiro atoms. The summed E-state index contributed by atoms with van der Waals surface area (Å²) in [5.74, 6) is 0.669. The molecule has 0 radical (unpaired) electrons. The second-order valence-electron chi connectivity index (χ2n) is 6.86. The van der Waals surface area contributed by atoms with Gasteiger partial charge in [-0.25, -0.2) is 0 Å². The maximum atomic E-state index is 12.8. The number of hydrogen-bond acceptors (Lipinski definition) is 4. The predicted octanol–water partition coefficient (Wildman–Crippen LogP) is 4.86. The summed E-state index contributed by atoms with van der Waals surface area (Å²) in [5.41, 5.74) is 3.09. The molecule has 0 bridgehead atoms. The molecule has 1 aliphatic rings. The van der Waals surface area contributed by atoms with Crippen molar-refractivity contribution in [1.82, 2.24) is 9.55 Å². The van der Waals surface area contributed by atoms with Crippen LogP contribution in [0.2, 0.25) is 0 Å². The SMILES string of the molecule is CCc1cc2c(=O)nc3n(c2s1)Cc1ccccc1/C3=C(\O)c1ccccc1. The zero-order valence-corrected chi connectivity index (χ0v) is 16.2. The number of nitrogens with zero attached hydrogens (tertiary/aromatic N) is 2. The van der Waals surface area contributed by atoms with E-state index in [-0.39, 0.29) is 11.3 Å². The van der Waals surface area contributed by atoms with Gasteiger partial charge in [0.05, 0.1) is 17.5 Å². The molecule has 3 heterocycles. The van der Waals surface area contributed by atoms with Crippen LogP contribution in [0.3, 0.4) is 0 Å². The second-order valence-corrected chi connectivity index (χ2v) is 7.97. The molecular weight excluding hydrogens is 368 g/mol. The Bertz CT molecular complexity index is 1300. The van der Waals surface area contributed by atoms with Crippen LogP contribution in [0.25, 0.3) is 21.5 Å². The minimum absolute atomic E-state index is 0.139. The highest BCUT2D eigenvalue weighted by Crippen LogP contribution is 2.38. The molecule has 0 atom stereocenters. The van der Waals surface area contributed by atoms with Gasteiger partial charge in [-0.15, -0.1) is 11.3 Å². The third-order valence-corrected chi connectivity index (χ3v) is 6.48. The molecule has 2 aromatic heterocycles. The second kappa shape index (κ2) is 6.46. The van der Waals surface area contributed by atoms with Gasteiger partial charge in [-0.2, -0.15) is 4.98 Å². The first-order chi connectivity index (χ1) is 13.7. The first kappa shape index (κ1) is 17.0. The molecule has 0 unspecified atom stereocenters. The van der Waals surface area contributed by atoms with Crippen LogP contribution >= 0.6 is 11.3 Å². The van der Waals surface area contributed by atoms with E-state index in [1.807, 2.05) is 54.6 Å². The summed E-state index contributed by atoms with van der Waals surface area (Å²) < 4.78 is 2.07. The summed E-state index contributed by atoms with van der Waals surface area (Å²) >= 11 is 1.63. The van der Waals surface area contributed by atoms with Crippen molar-refractivity contribution in [2.75, 3.05) is 0 Å². The Morgan fingerprint density at radius 2 is 1.89 bits per heavy atom. The topological polar surface area (TPSA) is 55.1 Å². The summed E-state index contributed by atoms with van der Waals surface area (Å²) in [6.07, 6.45) is 0.878. The van der Waals surface area contributed by atoms with Gasteiger partial charge in [0, 0.05) is 10.4 Å². The van der Waals surface area contributed by atoms with Gasteiger partial charge in [0.25, 0.3) is 5.56 Å². The van der Waals surface area contributed by atoms with Crippen molar-refractivity contribution in [3.63, 3.8) is 0 Å². The van der Waals surface area contributed by atoms with Crippen molar-refractivity contribution >= 4 is 32.9 Å². The van der Waals surface area contributed by atoms with Crippen LogP contribution in [0.4, 0.5) is 0 Å². The number of fused-ring (bicyclic) bond motifs is 4. The van der Waals surface area contributed by atoms with Crippen molar-refractivity contribution < 1.29 is 5.11 Å². The highest BCUT2D eigenvalue weighted by Gasteiger charge is 2.27. The van der Waals surface area contributed by atoms with E-state index in [0.717, 1.165) is 27.3 Å². The number of aliphatic hydroxyl groups excluding tert-OH is 1. The molecule has 0 amide bonds. The van der Waals surface area contributed by atoms with E-state index in [1.54, 1.807) is 11.3 Å². The monoisotopic (exact) mass is 386 g/mol. The molecule has 5 heteroatoms. The smallest absolute Gasteiger partial charge is 0.281 e. The molecule has 0 saturated carbocycles. The highest BCUT2D eigenvalue weighted by atomic mass is 32.1. The molecular formula is C23H18N2O2S. The van der Waals surface area contributed by atoms with Gasteiger partial charge in [-0.1, -0.05) is 61.5 Å². The van der Waals surface area contributed by atoms with E-state index in [1.165, 1.54) is 0 Å². The Kier molecular flexibility index (Phi) is 3.91. The average molecular weight is 386 g/mol. The third-order valence-electron chi connectivity index (χ3n) is 5.17. The van der Waals surface area contributed by atoms with Crippen molar-refractivity contribution in [2.45, 2.75) is 19.9 Å². The van der Waals surface area contributed by atoms with E-state index in [9.17, 15) is 9.90 Å². The first-order valence-corrected chi connectivity index (χ1v) is 10.1. The van der Waals surface area contributed by atoms with Crippen LogP contribution in [0.1, 0.15) is 34.3 Å². The van der Waals surface area contributed by atoms with Gasteiger partial charge in [-0.05, 0) is 23.6 Å². The lowest BCUT2D eigenvalue weighted by atomic mass is 9.92. The van der Waals surface area contributed by atoms with E-state index >= 15 is 0 Å². The fraction of sp³-hybridized carbons (Fsp3) is 0.130. The van der Waals surface area contributed by atoms with Crippen molar-refractivity contribution in [2.24, 2.45) is 0 Å². The summed E-state index contributed by atoms with van der Waals surface area (Å²) in [6, 6.07) is 19.3. The van der Waals surface area contributed by atoms with Gasteiger partial charge in [-0.3, -0.25) is 4.79 Å². The summed E-state index contributed by atoms with van der Waals surface area (Å²) in [5, 5.41) is 11.8. The van der Waals surface area contributed by atoms with Crippen molar-refractivity contribution in [3.8, 4) is 0 Å². The normalized spacial score (nSPS) is 14.6. The number of thiophene rings is 1. The van der Waals surface area contributed by atoms with Gasteiger partial charge < -0.3 is 9.67 Å². The van der Waals surface area contributed by atoms with Gasteiger partial charge in [0.1, 0.15) is 16.4 Å². The van der Waals surface area contributed by atoms with Crippen molar-refractivity contribution in [1.29, 1.82) is 0 Å². The summed E-state index contributed by atoms with van der Waals surface area (Å²) in [6.45, 7) is 2.71. The van der Waals surface area contributed by atoms with E-state index in [2.05, 4.69) is 22.5 Å². The highest BCUT2D eigenvalue weighted by molar-refractivity contribution is 7.18. The minimum atomic E-state index is -0.241. The Labute approximate surface area is 166 Å². The molecule has 4 nitrogen and oxygen atoms in total. The first-order valence-electron chi connectivity index (χ1n) is 9.28. The zero-order valence-electron chi connectivity index (χ0n) is 15.3. The zero-order chi connectivity index (χ0) is 19.3. The molecule has 0 saturated heterocycles. The Hall–Kier alpha value is -3.18. The molecule has 1 N–H and O–H groups in total. The number of benzene rings is 2. The largest absolute Gasteiger partial charge is 0.507 e. The van der Waals surface area contributed by atoms with Crippen LogP contribution in [0, 0.1) is 0 Å². The Morgan fingerprint density at radius 3 is 2.68 bits per heavy atom. The molecule has 1 aliphatic heterocycles. The van der Waals surface area contributed by atoms with Crippen LogP contribution in [0.15, 0.2) is 65.5 Å². The molecule has 4 aromatic rings. The van der Waals surface area contributed by atoms with E-state index in [4.69, 9.17) is 0 Å². The van der Waals surface area contributed by atoms with Crippen LogP contribution < -0.4 is 5.56 Å². The fourth-order valence-electron chi connectivity index (χ4n) is 3.78.